The number of hydrogen-bond donors (Lipinski definition) is 2. The van der Waals surface area contributed by atoms with E-state index in [1.165, 1.54) is 0 Å². The number of aromatic carboxylic acids is 1. The molecule has 3 nitrogen and oxygen atoms in total. The maximum atomic E-state index is 10.9. The number of carboxylic acid groups (broad SMARTS) is 1. The topological polar surface area (TPSA) is 53.1 Å². The summed E-state index contributed by atoms with van der Waals surface area (Å²) in [6.45, 7) is 0. The molecule has 2 rings (SSSR count). The number of H-pyrrole nitrogens is 1. The summed E-state index contributed by atoms with van der Waals surface area (Å²) in [6, 6.07) is 7.01. The lowest BCUT2D eigenvalue weighted by Crippen LogP contribution is -1.98. The van der Waals surface area contributed by atoms with Crippen molar-refractivity contribution in [2.24, 2.45) is 0 Å². The third-order valence-electron chi connectivity index (χ3n) is 2.19. The summed E-state index contributed by atoms with van der Waals surface area (Å²) >= 11 is 9.18. The van der Waals surface area contributed by atoms with Gasteiger partial charge in [0.1, 0.15) is 5.69 Å². The molecule has 0 fully saturated rings. The van der Waals surface area contributed by atoms with Gasteiger partial charge in [-0.15, -0.1) is 0 Å². The van der Waals surface area contributed by atoms with E-state index in [9.17, 15) is 4.79 Å². The number of rotatable bonds is 2. The van der Waals surface area contributed by atoms with Crippen LogP contribution in [0.3, 0.4) is 0 Å². The first kappa shape index (κ1) is 11.2. The van der Waals surface area contributed by atoms with Crippen LogP contribution in [0, 0.1) is 0 Å². The van der Waals surface area contributed by atoms with E-state index in [2.05, 4.69) is 20.9 Å². The molecule has 0 aliphatic rings. The second kappa shape index (κ2) is 4.31. The SMILES string of the molecule is O=C(O)c1[nH]ccc1-c1ccc(Cl)c(Br)c1. The monoisotopic (exact) mass is 299 g/mol. The molecule has 0 radical (unpaired) electrons. The number of hydrogen-bond acceptors (Lipinski definition) is 1. The van der Waals surface area contributed by atoms with Gasteiger partial charge < -0.3 is 10.1 Å². The lowest BCUT2D eigenvalue weighted by Gasteiger charge is -2.02. The molecule has 2 aromatic rings. The van der Waals surface area contributed by atoms with Crippen molar-refractivity contribution >= 4 is 33.5 Å². The maximum absolute atomic E-state index is 10.9. The van der Waals surface area contributed by atoms with Crippen molar-refractivity contribution in [2.75, 3.05) is 0 Å². The highest BCUT2D eigenvalue weighted by Gasteiger charge is 2.13. The van der Waals surface area contributed by atoms with Gasteiger partial charge >= 0.3 is 5.97 Å². The molecule has 1 aromatic heterocycles. The fourth-order valence-electron chi connectivity index (χ4n) is 1.45. The van der Waals surface area contributed by atoms with Crippen LogP contribution < -0.4 is 0 Å². The van der Waals surface area contributed by atoms with Crippen molar-refractivity contribution in [3.05, 3.63) is 45.7 Å². The molecule has 0 spiro atoms. The van der Waals surface area contributed by atoms with Crippen LogP contribution in [0.2, 0.25) is 5.02 Å². The minimum absolute atomic E-state index is 0.175. The quantitative estimate of drug-likeness (QED) is 0.886. The van der Waals surface area contributed by atoms with Gasteiger partial charge in [-0.2, -0.15) is 0 Å². The van der Waals surface area contributed by atoms with E-state index in [-0.39, 0.29) is 5.69 Å². The molecule has 1 heterocycles. The molecule has 16 heavy (non-hydrogen) atoms. The third-order valence-corrected chi connectivity index (χ3v) is 3.41. The molecule has 0 saturated heterocycles. The van der Waals surface area contributed by atoms with Gasteiger partial charge in [0, 0.05) is 16.2 Å². The molecule has 0 unspecified atom stereocenters. The molecule has 0 aliphatic carbocycles. The van der Waals surface area contributed by atoms with Gasteiger partial charge in [-0.3, -0.25) is 0 Å². The van der Waals surface area contributed by atoms with Gasteiger partial charge in [0.05, 0.1) is 5.02 Å². The molecule has 1 aromatic carbocycles. The fourth-order valence-corrected chi connectivity index (χ4v) is 1.95. The van der Waals surface area contributed by atoms with Crippen LogP contribution >= 0.6 is 27.5 Å². The largest absolute Gasteiger partial charge is 0.477 e. The first-order valence-corrected chi connectivity index (χ1v) is 5.63. The highest BCUT2D eigenvalue weighted by molar-refractivity contribution is 9.10. The number of carboxylic acids is 1. The Hall–Kier alpha value is -1.26. The van der Waals surface area contributed by atoms with Crippen LogP contribution in [0.25, 0.3) is 11.1 Å². The van der Waals surface area contributed by atoms with E-state index in [4.69, 9.17) is 16.7 Å². The number of benzene rings is 1. The van der Waals surface area contributed by atoms with E-state index < -0.39 is 5.97 Å². The average Bonchev–Trinajstić information content (AvgIpc) is 2.71. The Balaban J connectivity index is 2.54. The van der Waals surface area contributed by atoms with E-state index >= 15 is 0 Å². The number of aromatic amines is 1. The van der Waals surface area contributed by atoms with Crippen molar-refractivity contribution in [2.45, 2.75) is 0 Å². The van der Waals surface area contributed by atoms with E-state index in [1.807, 2.05) is 0 Å². The Bertz CT molecular complexity index is 551. The molecular weight excluding hydrogens is 293 g/mol. The number of carbonyl (C=O) groups is 1. The maximum Gasteiger partial charge on any atom is 0.352 e. The second-order valence-corrected chi connectivity index (χ2v) is 4.46. The van der Waals surface area contributed by atoms with Gasteiger partial charge in [-0.1, -0.05) is 17.7 Å². The summed E-state index contributed by atoms with van der Waals surface area (Å²) in [6.07, 6.45) is 1.60. The molecule has 0 atom stereocenters. The number of aromatic nitrogens is 1. The molecular formula is C11H7BrClNO2. The smallest absolute Gasteiger partial charge is 0.352 e. The van der Waals surface area contributed by atoms with Gasteiger partial charge in [-0.05, 0) is 39.7 Å². The lowest BCUT2D eigenvalue weighted by molar-refractivity contribution is 0.0692. The third kappa shape index (κ3) is 1.99. The molecule has 0 amide bonds. The first-order chi connectivity index (χ1) is 7.59. The van der Waals surface area contributed by atoms with Crippen LogP contribution in [-0.4, -0.2) is 16.1 Å². The zero-order valence-corrected chi connectivity index (χ0v) is 10.3. The van der Waals surface area contributed by atoms with Crippen molar-refractivity contribution < 1.29 is 9.90 Å². The molecule has 2 N–H and O–H groups in total. The minimum Gasteiger partial charge on any atom is -0.477 e. The molecule has 5 heteroatoms. The number of halogens is 2. The summed E-state index contributed by atoms with van der Waals surface area (Å²) in [4.78, 5) is 13.6. The number of nitrogens with one attached hydrogen (secondary N) is 1. The standard InChI is InChI=1S/C11H7BrClNO2/c12-8-5-6(1-2-9(8)13)7-3-4-14-10(7)11(15)16/h1-5,14H,(H,15,16). The summed E-state index contributed by atoms with van der Waals surface area (Å²) in [7, 11) is 0. The molecule has 82 valence electrons. The lowest BCUT2D eigenvalue weighted by atomic mass is 10.1. The predicted molar refractivity (Wildman–Crippen MR) is 65.9 cm³/mol. The minimum atomic E-state index is -0.980. The Morgan fingerprint density at radius 2 is 2.12 bits per heavy atom. The van der Waals surface area contributed by atoms with Gasteiger partial charge in [-0.25, -0.2) is 4.79 Å². The molecule has 0 aliphatic heterocycles. The first-order valence-electron chi connectivity index (χ1n) is 4.45. The van der Waals surface area contributed by atoms with Gasteiger partial charge in [0.2, 0.25) is 0 Å². The molecule has 0 bridgehead atoms. The van der Waals surface area contributed by atoms with Gasteiger partial charge in [0.25, 0.3) is 0 Å². The highest BCUT2D eigenvalue weighted by Crippen LogP contribution is 2.30. The Kier molecular flexibility index (Phi) is 3.03. The Morgan fingerprint density at radius 1 is 1.38 bits per heavy atom. The predicted octanol–water partition coefficient (Wildman–Crippen LogP) is 3.80. The summed E-state index contributed by atoms with van der Waals surface area (Å²) < 4.78 is 0.740. The molecule has 0 saturated carbocycles. The zero-order chi connectivity index (χ0) is 11.7. The average molecular weight is 301 g/mol. The van der Waals surface area contributed by atoms with Crippen LogP contribution in [0.15, 0.2) is 34.9 Å². The van der Waals surface area contributed by atoms with Gasteiger partial charge in [0.15, 0.2) is 0 Å². The summed E-state index contributed by atoms with van der Waals surface area (Å²) in [5.74, 6) is -0.980. The summed E-state index contributed by atoms with van der Waals surface area (Å²) in [5, 5.41) is 9.56. The van der Waals surface area contributed by atoms with Crippen molar-refractivity contribution in [1.82, 2.24) is 4.98 Å². The van der Waals surface area contributed by atoms with Crippen molar-refractivity contribution in [3.8, 4) is 11.1 Å². The van der Waals surface area contributed by atoms with Crippen LogP contribution in [0.1, 0.15) is 10.5 Å². The highest BCUT2D eigenvalue weighted by atomic mass is 79.9. The summed E-state index contributed by atoms with van der Waals surface area (Å²) in [5.41, 5.74) is 1.62. The van der Waals surface area contributed by atoms with E-state index in [1.54, 1.807) is 30.5 Å². The zero-order valence-electron chi connectivity index (χ0n) is 8.00. The van der Waals surface area contributed by atoms with E-state index in [0.717, 1.165) is 10.0 Å². The van der Waals surface area contributed by atoms with E-state index in [0.29, 0.717) is 10.6 Å². The van der Waals surface area contributed by atoms with Crippen LogP contribution in [0.5, 0.6) is 0 Å². The Morgan fingerprint density at radius 3 is 2.75 bits per heavy atom. The fraction of sp³-hybridized carbons (Fsp3) is 0. The normalized spacial score (nSPS) is 10.4. The second-order valence-electron chi connectivity index (χ2n) is 3.20. The van der Waals surface area contributed by atoms with Crippen molar-refractivity contribution in [3.63, 3.8) is 0 Å². The van der Waals surface area contributed by atoms with Crippen LogP contribution in [0.4, 0.5) is 0 Å². The Labute approximate surface area is 105 Å². The van der Waals surface area contributed by atoms with Crippen molar-refractivity contribution in [1.29, 1.82) is 0 Å². The van der Waals surface area contributed by atoms with Crippen LogP contribution in [-0.2, 0) is 0 Å².